The van der Waals surface area contributed by atoms with Crippen LogP contribution in [0.5, 0.6) is 0 Å². The molecule has 2 rings (SSSR count). The molecule has 1 aliphatic carbocycles. The number of carbonyl (C=O) groups is 4. The van der Waals surface area contributed by atoms with E-state index in [-0.39, 0.29) is 11.5 Å². The number of methoxy groups -OCH3 is 1. The van der Waals surface area contributed by atoms with E-state index in [0.29, 0.717) is 18.6 Å². The molecule has 0 aromatic heterocycles. The van der Waals surface area contributed by atoms with E-state index in [1.807, 2.05) is 30.3 Å². The minimum atomic E-state index is -5.18. The van der Waals surface area contributed by atoms with Crippen molar-refractivity contribution in [2.75, 3.05) is 7.11 Å². The molecular weight excluding hydrogens is 551 g/mol. The molecule has 1 saturated carbocycles. The lowest BCUT2D eigenvalue weighted by molar-refractivity contribution is -0.175. The summed E-state index contributed by atoms with van der Waals surface area (Å²) >= 11 is 0. The zero-order chi connectivity index (χ0) is 31.7. The van der Waals surface area contributed by atoms with Crippen molar-refractivity contribution in [3.05, 3.63) is 72.0 Å². The van der Waals surface area contributed by atoms with Crippen molar-refractivity contribution in [2.24, 2.45) is 5.92 Å². The standard InChI is InChI=1S/C31H40F3N3O5/c1-7-23(42-6)16-15-20(4)25(28(40)36-24(19(2)3)26(38)31(32,33)34)37-27(39)21(5)35-29(41)30(17-11-12-18-30)22-13-9-8-10-14-22/h7-10,13-16,19,21,24-25H,4,11-12,17-18H2,1-3,5-6H3,(H,35,41)(H,36,40)(H,37,39)/b16-15-,23-7+/t21-,24-,25-/m0/s1. The molecule has 8 nitrogen and oxygen atoms in total. The summed E-state index contributed by atoms with van der Waals surface area (Å²) < 4.78 is 44.8. The van der Waals surface area contributed by atoms with Crippen LogP contribution in [0.3, 0.4) is 0 Å². The molecule has 0 spiro atoms. The summed E-state index contributed by atoms with van der Waals surface area (Å²) in [4.78, 5) is 52.1. The van der Waals surface area contributed by atoms with Crippen LogP contribution in [0.4, 0.5) is 13.2 Å². The molecule has 3 amide bonds. The lowest BCUT2D eigenvalue weighted by atomic mass is 9.78. The minimum Gasteiger partial charge on any atom is -0.497 e. The topological polar surface area (TPSA) is 114 Å². The fourth-order valence-corrected chi connectivity index (χ4v) is 4.89. The van der Waals surface area contributed by atoms with Gasteiger partial charge in [-0.15, -0.1) is 0 Å². The second-order valence-electron chi connectivity index (χ2n) is 10.7. The van der Waals surface area contributed by atoms with Crippen molar-refractivity contribution >= 4 is 23.5 Å². The van der Waals surface area contributed by atoms with Crippen molar-refractivity contribution in [1.29, 1.82) is 0 Å². The van der Waals surface area contributed by atoms with Gasteiger partial charge in [-0.25, -0.2) is 0 Å². The van der Waals surface area contributed by atoms with Gasteiger partial charge in [0.15, 0.2) is 0 Å². The highest BCUT2D eigenvalue weighted by Crippen LogP contribution is 2.41. The van der Waals surface area contributed by atoms with E-state index < -0.39 is 53.2 Å². The number of hydrogen-bond donors (Lipinski definition) is 3. The van der Waals surface area contributed by atoms with Crippen LogP contribution in [0.25, 0.3) is 0 Å². The molecule has 0 aliphatic heterocycles. The van der Waals surface area contributed by atoms with Crippen LogP contribution in [0.15, 0.2) is 66.5 Å². The van der Waals surface area contributed by atoms with E-state index in [9.17, 15) is 32.3 Å². The number of alkyl halides is 3. The molecule has 42 heavy (non-hydrogen) atoms. The summed E-state index contributed by atoms with van der Waals surface area (Å²) in [5, 5.41) is 7.35. The van der Waals surface area contributed by atoms with Crippen LogP contribution in [0, 0.1) is 5.92 Å². The van der Waals surface area contributed by atoms with E-state index >= 15 is 0 Å². The Bertz CT molecular complexity index is 1200. The van der Waals surface area contributed by atoms with Crippen LogP contribution in [0.1, 0.15) is 58.9 Å². The van der Waals surface area contributed by atoms with Gasteiger partial charge >= 0.3 is 6.18 Å². The van der Waals surface area contributed by atoms with Gasteiger partial charge in [0.25, 0.3) is 5.78 Å². The Labute approximate surface area is 244 Å². The Morgan fingerprint density at radius 2 is 1.55 bits per heavy atom. The number of nitrogens with one attached hydrogen (secondary N) is 3. The number of carbonyl (C=O) groups excluding carboxylic acids is 4. The largest absolute Gasteiger partial charge is 0.497 e. The van der Waals surface area contributed by atoms with Crippen LogP contribution < -0.4 is 16.0 Å². The third-order valence-electron chi connectivity index (χ3n) is 7.39. The molecule has 0 unspecified atom stereocenters. The Balaban J connectivity index is 2.30. The number of hydrogen-bond acceptors (Lipinski definition) is 5. The summed E-state index contributed by atoms with van der Waals surface area (Å²) in [5.74, 6) is -4.77. The predicted molar refractivity (Wildman–Crippen MR) is 153 cm³/mol. The minimum absolute atomic E-state index is 0.00860. The molecule has 0 bridgehead atoms. The van der Waals surface area contributed by atoms with Crippen molar-refractivity contribution in [3.63, 3.8) is 0 Å². The van der Waals surface area contributed by atoms with Gasteiger partial charge in [0, 0.05) is 0 Å². The first kappa shape index (κ1) is 34.3. The molecule has 1 aromatic rings. The lowest BCUT2D eigenvalue weighted by Crippen LogP contribution is -2.58. The van der Waals surface area contributed by atoms with Gasteiger partial charge in [-0.05, 0) is 55.9 Å². The van der Waals surface area contributed by atoms with Gasteiger partial charge < -0.3 is 20.7 Å². The third-order valence-corrected chi connectivity index (χ3v) is 7.39. The maximum atomic E-state index is 13.5. The molecule has 0 radical (unpaired) electrons. The first-order chi connectivity index (χ1) is 19.7. The van der Waals surface area contributed by atoms with Gasteiger partial charge in [0.1, 0.15) is 17.8 Å². The number of halogens is 3. The second kappa shape index (κ2) is 14.8. The average molecular weight is 592 g/mol. The summed E-state index contributed by atoms with van der Waals surface area (Å²) in [6.45, 7) is 9.67. The molecule has 11 heteroatoms. The monoisotopic (exact) mass is 591 g/mol. The zero-order valence-electron chi connectivity index (χ0n) is 24.6. The van der Waals surface area contributed by atoms with Gasteiger partial charge in [0.2, 0.25) is 17.7 Å². The second-order valence-corrected chi connectivity index (χ2v) is 10.7. The Kier molecular flexibility index (Phi) is 12.1. The van der Waals surface area contributed by atoms with E-state index in [1.165, 1.54) is 40.0 Å². The number of benzene rings is 1. The normalized spacial score (nSPS) is 17.3. The smallest absolute Gasteiger partial charge is 0.452 e. The van der Waals surface area contributed by atoms with Gasteiger partial charge in [0.05, 0.1) is 18.6 Å². The molecule has 3 atom stereocenters. The number of Topliss-reactive ketones (excluding diaryl/α,β-unsaturated/α-hetero) is 1. The zero-order valence-corrected chi connectivity index (χ0v) is 24.6. The molecule has 1 aromatic carbocycles. The van der Waals surface area contributed by atoms with Gasteiger partial charge in [-0.1, -0.05) is 69.7 Å². The van der Waals surface area contributed by atoms with Gasteiger partial charge in [-0.3, -0.25) is 19.2 Å². The van der Waals surface area contributed by atoms with Crippen molar-refractivity contribution < 1.29 is 37.1 Å². The Morgan fingerprint density at radius 1 is 0.952 bits per heavy atom. The fourth-order valence-electron chi connectivity index (χ4n) is 4.89. The van der Waals surface area contributed by atoms with Crippen LogP contribution in [-0.4, -0.2) is 54.9 Å². The van der Waals surface area contributed by atoms with Crippen molar-refractivity contribution in [2.45, 2.75) is 83.1 Å². The number of ether oxygens (including phenoxy) is 1. The average Bonchev–Trinajstić information content (AvgIpc) is 3.45. The number of amides is 3. The van der Waals surface area contributed by atoms with Crippen LogP contribution >= 0.6 is 0 Å². The molecular formula is C31H40F3N3O5. The Morgan fingerprint density at radius 3 is 2.05 bits per heavy atom. The SMILES string of the molecule is C=C(/C=C\C(=C/C)OC)[C@H](NC(=O)[C@H](C)NC(=O)C1(c2ccccc2)CCCC1)C(=O)N[C@H](C(=O)C(F)(F)F)C(C)C. The molecule has 230 valence electrons. The number of allylic oxidation sites excluding steroid dienone is 2. The summed E-state index contributed by atoms with van der Waals surface area (Å²) in [5.41, 5.74) is 0.0503. The summed E-state index contributed by atoms with van der Waals surface area (Å²) in [7, 11) is 1.42. The summed E-state index contributed by atoms with van der Waals surface area (Å²) in [6.07, 6.45) is 2.19. The molecule has 1 fully saturated rings. The molecule has 3 N–H and O–H groups in total. The summed E-state index contributed by atoms with van der Waals surface area (Å²) in [6, 6.07) is 4.75. The first-order valence-corrected chi connectivity index (χ1v) is 13.8. The number of ketones is 1. The van der Waals surface area contributed by atoms with E-state index in [4.69, 9.17) is 4.74 Å². The molecule has 0 heterocycles. The number of rotatable bonds is 13. The van der Waals surface area contributed by atoms with E-state index in [0.717, 1.165) is 18.4 Å². The van der Waals surface area contributed by atoms with Gasteiger partial charge in [-0.2, -0.15) is 13.2 Å². The lowest BCUT2D eigenvalue weighted by Gasteiger charge is -2.30. The van der Waals surface area contributed by atoms with E-state index in [1.54, 1.807) is 13.0 Å². The van der Waals surface area contributed by atoms with Crippen molar-refractivity contribution in [1.82, 2.24) is 16.0 Å². The maximum absolute atomic E-state index is 13.5. The quantitative estimate of drug-likeness (QED) is 0.232. The molecule has 1 aliphatic rings. The van der Waals surface area contributed by atoms with E-state index in [2.05, 4.69) is 22.5 Å². The first-order valence-electron chi connectivity index (χ1n) is 13.8. The van der Waals surface area contributed by atoms with Crippen LogP contribution in [-0.2, 0) is 29.3 Å². The molecule has 0 saturated heterocycles. The highest BCUT2D eigenvalue weighted by molar-refractivity contribution is 5.98. The van der Waals surface area contributed by atoms with Crippen LogP contribution in [0.2, 0.25) is 0 Å². The van der Waals surface area contributed by atoms with Crippen molar-refractivity contribution in [3.8, 4) is 0 Å². The highest BCUT2D eigenvalue weighted by atomic mass is 19.4. The highest BCUT2D eigenvalue weighted by Gasteiger charge is 2.46. The maximum Gasteiger partial charge on any atom is 0.452 e. The third kappa shape index (κ3) is 8.56. The fraction of sp³-hybridized carbons (Fsp3) is 0.484. The predicted octanol–water partition coefficient (Wildman–Crippen LogP) is 4.42. The Hall–Kier alpha value is -3.89.